The molecule has 146 valence electrons. The Balaban J connectivity index is 1.52. The van der Waals surface area contributed by atoms with E-state index in [0.717, 1.165) is 5.56 Å². The van der Waals surface area contributed by atoms with E-state index in [9.17, 15) is 13.2 Å². The summed E-state index contributed by atoms with van der Waals surface area (Å²) in [5.74, 6) is -0.308. The second-order valence-electron chi connectivity index (χ2n) is 6.24. The lowest BCUT2D eigenvalue weighted by Crippen LogP contribution is -2.23. The Labute approximate surface area is 166 Å². The van der Waals surface area contributed by atoms with Gasteiger partial charge >= 0.3 is 0 Å². The third-order valence-electron chi connectivity index (χ3n) is 4.21. The Morgan fingerprint density at radius 1 is 0.931 bits per heavy atom. The zero-order valence-corrected chi connectivity index (χ0v) is 15.9. The van der Waals surface area contributed by atoms with Gasteiger partial charge in [0.05, 0.1) is 0 Å². The fourth-order valence-corrected chi connectivity index (χ4v) is 4.01. The molecule has 1 amide bonds. The topological polar surface area (TPSA) is 114 Å². The van der Waals surface area contributed by atoms with Crippen LogP contribution in [-0.2, 0) is 16.6 Å². The highest BCUT2D eigenvalue weighted by Crippen LogP contribution is 2.23. The van der Waals surface area contributed by atoms with Gasteiger partial charge in [0.25, 0.3) is 15.9 Å². The van der Waals surface area contributed by atoms with Crippen molar-refractivity contribution in [1.29, 1.82) is 0 Å². The van der Waals surface area contributed by atoms with Crippen LogP contribution in [0.1, 0.15) is 15.9 Å². The van der Waals surface area contributed by atoms with Crippen molar-refractivity contribution in [1.82, 2.24) is 15.6 Å². The van der Waals surface area contributed by atoms with Crippen LogP contribution < -0.4 is 10.0 Å². The Morgan fingerprint density at radius 3 is 2.55 bits per heavy atom. The molecule has 0 aliphatic rings. The number of benzene rings is 3. The Hall–Kier alpha value is -3.72. The van der Waals surface area contributed by atoms with Crippen LogP contribution in [0.3, 0.4) is 0 Å². The number of aromatic nitrogens is 2. The average molecular weight is 408 g/mol. The molecule has 0 bridgehead atoms. The number of anilines is 1. The number of hydrogen-bond acceptors (Lipinski definition) is 6. The van der Waals surface area contributed by atoms with E-state index in [1.165, 1.54) is 12.1 Å². The molecule has 0 fully saturated rings. The summed E-state index contributed by atoms with van der Waals surface area (Å²) in [5, 5.41) is 10.1. The first-order valence-corrected chi connectivity index (χ1v) is 10.2. The highest BCUT2D eigenvalue weighted by Gasteiger charge is 2.20. The molecule has 1 heterocycles. The normalized spacial score (nSPS) is 11.3. The van der Waals surface area contributed by atoms with E-state index < -0.39 is 10.0 Å². The van der Waals surface area contributed by atoms with Crippen molar-refractivity contribution in [2.24, 2.45) is 0 Å². The third kappa shape index (κ3) is 4.09. The van der Waals surface area contributed by atoms with E-state index in [1.807, 2.05) is 30.3 Å². The number of nitrogens with one attached hydrogen (secondary N) is 2. The van der Waals surface area contributed by atoms with Crippen molar-refractivity contribution < 1.29 is 17.8 Å². The lowest BCUT2D eigenvalue weighted by Gasteiger charge is -2.10. The van der Waals surface area contributed by atoms with Crippen molar-refractivity contribution in [3.8, 4) is 0 Å². The fourth-order valence-electron chi connectivity index (χ4n) is 2.81. The van der Waals surface area contributed by atoms with Crippen molar-refractivity contribution in [2.45, 2.75) is 11.4 Å². The minimum absolute atomic E-state index is 0.0600. The number of sulfonamides is 1. The van der Waals surface area contributed by atoms with E-state index in [4.69, 9.17) is 0 Å². The molecule has 0 unspecified atom stereocenters. The molecule has 3 aromatic carbocycles. The van der Waals surface area contributed by atoms with Crippen molar-refractivity contribution >= 4 is 32.7 Å². The maximum Gasteiger partial charge on any atom is 0.264 e. The van der Waals surface area contributed by atoms with Crippen LogP contribution in [0.2, 0.25) is 0 Å². The first-order valence-electron chi connectivity index (χ1n) is 8.69. The Bertz CT molecular complexity index is 1270. The highest BCUT2D eigenvalue weighted by atomic mass is 32.2. The number of carbonyl (C=O) groups is 1. The summed E-state index contributed by atoms with van der Waals surface area (Å²) in [4.78, 5) is 12.4. The molecule has 8 nitrogen and oxygen atoms in total. The lowest BCUT2D eigenvalue weighted by atomic mass is 10.2. The smallest absolute Gasteiger partial charge is 0.264 e. The van der Waals surface area contributed by atoms with Crippen LogP contribution in [0.4, 0.5) is 5.69 Å². The van der Waals surface area contributed by atoms with Crippen LogP contribution in [-0.4, -0.2) is 24.6 Å². The molecule has 0 saturated heterocycles. The summed E-state index contributed by atoms with van der Waals surface area (Å²) in [6.45, 7) is 0.372. The fraction of sp³-hybridized carbons (Fsp3) is 0.0500. The molecule has 0 radical (unpaired) electrons. The van der Waals surface area contributed by atoms with Crippen molar-refractivity contribution in [3.05, 3.63) is 83.9 Å². The second kappa shape index (κ2) is 7.72. The van der Waals surface area contributed by atoms with Crippen LogP contribution in [0, 0.1) is 0 Å². The molecular formula is C20H16N4O4S. The van der Waals surface area contributed by atoms with Crippen LogP contribution in [0.25, 0.3) is 11.0 Å². The monoisotopic (exact) mass is 408 g/mol. The van der Waals surface area contributed by atoms with E-state index in [2.05, 4.69) is 25.0 Å². The standard InChI is InChI=1S/C20H16N4O4S/c25-20(21-13-14-6-2-1-3-7-14)15-8-4-9-16(12-15)24-29(26,27)18-11-5-10-17-19(18)23-28-22-17/h1-12,24H,13H2,(H,21,25). The molecule has 0 saturated carbocycles. The number of carbonyl (C=O) groups excluding carboxylic acids is 1. The summed E-state index contributed by atoms with van der Waals surface area (Å²) in [7, 11) is -3.95. The van der Waals surface area contributed by atoms with Crippen molar-refractivity contribution in [3.63, 3.8) is 0 Å². The Morgan fingerprint density at radius 2 is 1.72 bits per heavy atom. The summed E-state index contributed by atoms with van der Waals surface area (Å²) in [5.41, 5.74) is 2.03. The maximum absolute atomic E-state index is 12.8. The average Bonchev–Trinajstić information content (AvgIpc) is 3.21. The van der Waals surface area contributed by atoms with Gasteiger partial charge in [-0.25, -0.2) is 13.0 Å². The van der Waals surface area contributed by atoms with Gasteiger partial charge in [0.15, 0.2) is 5.52 Å². The Kier molecular flexibility index (Phi) is 4.96. The molecule has 4 aromatic rings. The highest BCUT2D eigenvalue weighted by molar-refractivity contribution is 7.93. The lowest BCUT2D eigenvalue weighted by molar-refractivity contribution is 0.0951. The first kappa shape index (κ1) is 18.6. The molecular weight excluding hydrogens is 392 g/mol. The molecule has 4 rings (SSSR count). The predicted molar refractivity (Wildman–Crippen MR) is 107 cm³/mol. The van der Waals surface area contributed by atoms with Crippen LogP contribution >= 0.6 is 0 Å². The quantitative estimate of drug-likeness (QED) is 0.507. The molecule has 9 heteroatoms. The minimum atomic E-state index is -3.95. The van der Waals surface area contributed by atoms with Gasteiger partial charge in [0.2, 0.25) is 0 Å². The van der Waals surface area contributed by atoms with Gasteiger partial charge in [-0.05, 0) is 46.2 Å². The van der Waals surface area contributed by atoms with Gasteiger partial charge in [-0.3, -0.25) is 9.52 Å². The SMILES string of the molecule is O=C(NCc1ccccc1)c1cccc(NS(=O)(=O)c2cccc3nonc23)c1. The van der Waals surface area contributed by atoms with Gasteiger partial charge in [-0.1, -0.05) is 42.5 Å². The molecule has 1 aromatic heterocycles. The number of rotatable bonds is 6. The molecule has 0 spiro atoms. The summed E-state index contributed by atoms with van der Waals surface area (Å²) in [6.07, 6.45) is 0. The zero-order chi connectivity index (χ0) is 20.3. The van der Waals surface area contributed by atoms with Gasteiger partial charge < -0.3 is 5.32 Å². The summed E-state index contributed by atoms with van der Waals surface area (Å²) < 4.78 is 32.7. The van der Waals surface area contributed by atoms with E-state index in [1.54, 1.807) is 30.3 Å². The van der Waals surface area contributed by atoms with Crippen LogP contribution in [0.5, 0.6) is 0 Å². The minimum Gasteiger partial charge on any atom is -0.348 e. The molecule has 29 heavy (non-hydrogen) atoms. The van der Waals surface area contributed by atoms with Gasteiger partial charge in [-0.2, -0.15) is 0 Å². The number of fused-ring (bicyclic) bond motifs is 1. The predicted octanol–water partition coefficient (Wildman–Crippen LogP) is 2.95. The molecule has 0 atom stereocenters. The van der Waals surface area contributed by atoms with E-state index in [0.29, 0.717) is 17.6 Å². The maximum atomic E-state index is 12.8. The number of hydrogen-bond donors (Lipinski definition) is 2. The number of nitrogens with zero attached hydrogens (tertiary/aromatic N) is 2. The largest absolute Gasteiger partial charge is 0.348 e. The first-order chi connectivity index (χ1) is 14.0. The number of amides is 1. The van der Waals surface area contributed by atoms with Crippen molar-refractivity contribution in [2.75, 3.05) is 4.72 Å². The molecule has 0 aliphatic carbocycles. The van der Waals surface area contributed by atoms with Gasteiger partial charge in [0.1, 0.15) is 10.4 Å². The zero-order valence-electron chi connectivity index (χ0n) is 15.1. The van der Waals surface area contributed by atoms with Gasteiger partial charge in [0, 0.05) is 17.8 Å². The van der Waals surface area contributed by atoms with E-state index >= 15 is 0 Å². The molecule has 2 N–H and O–H groups in total. The van der Waals surface area contributed by atoms with E-state index in [-0.39, 0.29) is 22.0 Å². The summed E-state index contributed by atoms with van der Waals surface area (Å²) >= 11 is 0. The third-order valence-corrected chi connectivity index (χ3v) is 5.62. The second-order valence-corrected chi connectivity index (χ2v) is 7.89. The van der Waals surface area contributed by atoms with Crippen LogP contribution in [0.15, 0.2) is 82.3 Å². The molecule has 0 aliphatic heterocycles. The van der Waals surface area contributed by atoms with Gasteiger partial charge in [-0.15, -0.1) is 0 Å². The summed E-state index contributed by atoms with van der Waals surface area (Å²) in [6, 6.07) is 20.3.